The maximum absolute atomic E-state index is 12.1. The third-order valence-corrected chi connectivity index (χ3v) is 4.04. The highest BCUT2D eigenvalue weighted by Gasteiger charge is 2.09. The molecule has 0 saturated heterocycles. The summed E-state index contributed by atoms with van der Waals surface area (Å²) >= 11 is 1.37. The zero-order chi connectivity index (χ0) is 16.1. The molecule has 23 heavy (non-hydrogen) atoms. The maximum Gasteiger partial charge on any atom is 0.234 e. The van der Waals surface area contributed by atoms with Crippen LogP contribution in [-0.2, 0) is 4.79 Å². The van der Waals surface area contributed by atoms with Gasteiger partial charge in [0.1, 0.15) is 5.75 Å². The average molecular weight is 327 g/mol. The van der Waals surface area contributed by atoms with Gasteiger partial charge in [-0.2, -0.15) is 0 Å². The fraction of sp³-hybridized carbons (Fsp3) is 0.176. The minimum absolute atomic E-state index is 0.0948. The highest BCUT2D eigenvalue weighted by atomic mass is 32.2. The zero-order valence-electron chi connectivity index (χ0n) is 12.7. The lowest BCUT2D eigenvalue weighted by Crippen LogP contribution is -2.15. The predicted molar refractivity (Wildman–Crippen MR) is 93.1 cm³/mol. The van der Waals surface area contributed by atoms with E-state index in [1.54, 1.807) is 0 Å². The third-order valence-electron chi connectivity index (χ3n) is 3.17. The topological polar surface area (TPSA) is 67.0 Å². The number of benzene rings is 2. The lowest BCUT2D eigenvalue weighted by molar-refractivity contribution is -0.113. The molecule has 3 aromatic rings. The molecule has 1 heterocycles. The molecule has 3 rings (SSSR count). The number of anilines is 1. The van der Waals surface area contributed by atoms with Gasteiger partial charge in [0.25, 0.3) is 0 Å². The molecule has 2 aromatic carbocycles. The van der Waals surface area contributed by atoms with Crippen LogP contribution >= 0.6 is 11.8 Å². The Labute approximate surface area is 138 Å². The molecule has 118 valence electrons. The van der Waals surface area contributed by atoms with Crippen LogP contribution in [0.1, 0.15) is 6.92 Å². The second kappa shape index (κ2) is 7.19. The summed E-state index contributed by atoms with van der Waals surface area (Å²) in [5, 5.41) is 3.61. The van der Waals surface area contributed by atoms with E-state index in [1.807, 2.05) is 55.5 Å². The SMILES string of the molecule is CCOc1ccccc1NC(=O)CSc1nc2ccccc2[nH]1. The van der Waals surface area contributed by atoms with Crippen LogP contribution in [0.2, 0.25) is 0 Å². The van der Waals surface area contributed by atoms with Gasteiger partial charge in [-0.05, 0) is 31.2 Å². The van der Waals surface area contributed by atoms with Gasteiger partial charge in [0.15, 0.2) is 5.16 Å². The van der Waals surface area contributed by atoms with Crippen molar-refractivity contribution >= 4 is 34.4 Å². The van der Waals surface area contributed by atoms with Crippen molar-refractivity contribution in [2.24, 2.45) is 0 Å². The smallest absolute Gasteiger partial charge is 0.234 e. The lowest BCUT2D eigenvalue weighted by atomic mass is 10.3. The number of carbonyl (C=O) groups excluding carboxylic acids is 1. The molecule has 5 nitrogen and oxygen atoms in total. The lowest BCUT2D eigenvalue weighted by Gasteiger charge is -2.10. The van der Waals surface area contributed by atoms with Crippen molar-refractivity contribution in [3.05, 3.63) is 48.5 Å². The molecule has 2 N–H and O–H groups in total. The second-order valence-corrected chi connectivity index (χ2v) is 5.79. The Kier molecular flexibility index (Phi) is 4.83. The molecule has 1 aromatic heterocycles. The van der Waals surface area contributed by atoms with E-state index in [2.05, 4.69) is 15.3 Å². The van der Waals surface area contributed by atoms with E-state index >= 15 is 0 Å². The molecule has 1 amide bonds. The summed E-state index contributed by atoms with van der Waals surface area (Å²) in [7, 11) is 0. The van der Waals surface area contributed by atoms with Gasteiger partial charge in [0.2, 0.25) is 5.91 Å². The van der Waals surface area contributed by atoms with E-state index < -0.39 is 0 Å². The van der Waals surface area contributed by atoms with Crippen LogP contribution in [0.3, 0.4) is 0 Å². The number of nitrogens with zero attached hydrogens (tertiary/aromatic N) is 1. The number of ether oxygens (including phenoxy) is 1. The van der Waals surface area contributed by atoms with Crippen molar-refractivity contribution in [2.75, 3.05) is 17.7 Å². The normalized spacial score (nSPS) is 10.7. The molecule has 0 aliphatic heterocycles. The molecular weight excluding hydrogens is 310 g/mol. The molecule has 0 unspecified atom stereocenters. The first-order chi connectivity index (χ1) is 11.3. The van der Waals surface area contributed by atoms with Gasteiger partial charge in [-0.1, -0.05) is 36.0 Å². The number of rotatable bonds is 6. The number of H-pyrrole nitrogens is 1. The second-order valence-electron chi connectivity index (χ2n) is 4.83. The van der Waals surface area contributed by atoms with Crippen molar-refractivity contribution in [1.29, 1.82) is 0 Å². The van der Waals surface area contributed by atoms with Gasteiger partial charge in [-0.15, -0.1) is 0 Å². The van der Waals surface area contributed by atoms with Crippen molar-refractivity contribution in [3.8, 4) is 5.75 Å². The number of fused-ring (bicyclic) bond motifs is 1. The quantitative estimate of drug-likeness (QED) is 0.678. The van der Waals surface area contributed by atoms with Crippen LogP contribution in [-0.4, -0.2) is 28.2 Å². The number of amides is 1. The average Bonchev–Trinajstić information content (AvgIpc) is 2.98. The van der Waals surface area contributed by atoms with Crippen LogP contribution in [0.5, 0.6) is 5.75 Å². The molecule has 0 fully saturated rings. The highest BCUT2D eigenvalue weighted by molar-refractivity contribution is 7.99. The molecule has 0 spiro atoms. The molecule has 0 bridgehead atoms. The summed E-state index contributed by atoms with van der Waals surface area (Å²) < 4.78 is 5.50. The Balaban J connectivity index is 1.61. The number of nitrogens with one attached hydrogen (secondary N) is 2. The van der Waals surface area contributed by atoms with Crippen molar-refractivity contribution in [1.82, 2.24) is 9.97 Å². The molecule has 0 radical (unpaired) electrons. The summed E-state index contributed by atoms with van der Waals surface area (Å²) in [6, 6.07) is 15.2. The monoisotopic (exact) mass is 327 g/mol. The largest absolute Gasteiger partial charge is 0.492 e. The van der Waals surface area contributed by atoms with Gasteiger partial charge >= 0.3 is 0 Å². The van der Waals surface area contributed by atoms with Crippen LogP contribution < -0.4 is 10.1 Å². The molecule has 0 saturated carbocycles. The third kappa shape index (κ3) is 3.84. The number of aromatic nitrogens is 2. The number of para-hydroxylation sites is 4. The first-order valence-corrected chi connectivity index (χ1v) is 8.34. The van der Waals surface area contributed by atoms with E-state index in [0.29, 0.717) is 18.0 Å². The standard InChI is InChI=1S/C17H17N3O2S/c1-2-22-15-10-6-5-9-14(15)18-16(21)11-23-17-19-12-7-3-4-8-13(12)20-17/h3-10H,2,11H2,1H3,(H,18,21)(H,19,20). The summed E-state index contributed by atoms with van der Waals surface area (Å²) in [6.07, 6.45) is 0. The minimum atomic E-state index is -0.0948. The predicted octanol–water partition coefficient (Wildman–Crippen LogP) is 3.69. The molecule has 0 aliphatic carbocycles. The Hall–Kier alpha value is -2.47. The Morgan fingerprint density at radius 3 is 2.83 bits per heavy atom. The van der Waals surface area contributed by atoms with E-state index in [0.717, 1.165) is 16.2 Å². The number of thioether (sulfide) groups is 1. The van der Waals surface area contributed by atoms with E-state index in [9.17, 15) is 4.79 Å². The fourth-order valence-electron chi connectivity index (χ4n) is 2.17. The fourth-order valence-corrected chi connectivity index (χ4v) is 2.85. The summed E-state index contributed by atoms with van der Waals surface area (Å²) in [5.41, 5.74) is 2.55. The molecule has 6 heteroatoms. The van der Waals surface area contributed by atoms with E-state index in [-0.39, 0.29) is 11.7 Å². The number of hydrogen-bond donors (Lipinski definition) is 2. The van der Waals surface area contributed by atoms with Crippen molar-refractivity contribution < 1.29 is 9.53 Å². The Morgan fingerprint density at radius 1 is 1.22 bits per heavy atom. The first kappa shape index (κ1) is 15.4. The summed E-state index contributed by atoms with van der Waals surface area (Å²) in [5.74, 6) is 0.861. The number of imidazole rings is 1. The van der Waals surface area contributed by atoms with E-state index in [4.69, 9.17) is 4.74 Å². The van der Waals surface area contributed by atoms with Gasteiger partial charge in [0.05, 0.1) is 29.1 Å². The number of carbonyl (C=O) groups is 1. The molecule has 0 atom stereocenters. The van der Waals surface area contributed by atoms with Gasteiger partial charge < -0.3 is 15.0 Å². The van der Waals surface area contributed by atoms with Gasteiger partial charge in [-0.25, -0.2) is 4.98 Å². The van der Waals surface area contributed by atoms with Crippen LogP contribution in [0.15, 0.2) is 53.7 Å². The number of hydrogen-bond acceptors (Lipinski definition) is 4. The summed E-state index contributed by atoms with van der Waals surface area (Å²) in [6.45, 7) is 2.47. The zero-order valence-corrected chi connectivity index (χ0v) is 13.5. The summed E-state index contributed by atoms with van der Waals surface area (Å²) in [4.78, 5) is 19.8. The number of aromatic amines is 1. The van der Waals surface area contributed by atoms with Crippen LogP contribution in [0.4, 0.5) is 5.69 Å². The Morgan fingerprint density at radius 2 is 2.00 bits per heavy atom. The van der Waals surface area contributed by atoms with Crippen molar-refractivity contribution in [3.63, 3.8) is 0 Å². The first-order valence-electron chi connectivity index (χ1n) is 7.35. The van der Waals surface area contributed by atoms with Crippen molar-refractivity contribution in [2.45, 2.75) is 12.1 Å². The molecular formula is C17H17N3O2S. The van der Waals surface area contributed by atoms with Crippen LogP contribution in [0, 0.1) is 0 Å². The minimum Gasteiger partial charge on any atom is -0.492 e. The van der Waals surface area contributed by atoms with Gasteiger partial charge in [-0.3, -0.25) is 4.79 Å². The highest BCUT2D eigenvalue weighted by Crippen LogP contribution is 2.24. The Bertz CT molecular complexity index is 783. The maximum atomic E-state index is 12.1. The van der Waals surface area contributed by atoms with E-state index in [1.165, 1.54) is 11.8 Å². The molecule has 0 aliphatic rings. The van der Waals surface area contributed by atoms with Gasteiger partial charge in [0, 0.05) is 0 Å². The van der Waals surface area contributed by atoms with Crippen LogP contribution in [0.25, 0.3) is 11.0 Å².